The lowest BCUT2D eigenvalue weighted by atomic mass is 9.58. The van der Waals surface area contributed by atoms with Gasteiger partial charge in [-0.1, -0.05) is 6.07 Å². The number of aliphatic hydroxyl groups excluding tert-OH is 2. The lowest BCUT2D eigenvalue weighted by Crippen LogP contribution is -2.63. The van der Waals surface area contributed by atoms with Crippen LogP contribution in [0.2, 0.25) is 0 Å². The number of allylic oxidation sites excluding steroid dienone is 1. The van der Waals surface area contributed by atoms with Crippen LogP contribution in [-0.2, 0) is 16.0 Å². The number of aromatic nitrogens is 1. The van der Waals surface area contributed by atoms with Crippen molar-refractivity contribution in [1.29, 1.82) is 0 Å². The van der Waals surface area contributed by atoms with Crippen LogP contribution in [0.25, 0.3) is 11.1 Å². The number of phenols is 1. The van der Waals surface area contributed by atoms with Crippen LogP contribution in [-0.4, -0.2) is 73.5 Å². The summed E-state index contributed by atoms with van der Waals surface area (Å²) in [6.07, 6.45) is 3.58. The highest BCUT2D eigenvalue weighted by Crippen LogP contribution is 2.53. The first-order chi connectivity index (χ1) is 17.4. The van der Waals surface area contributed by atoms with Crippen molar-refractivity contribution in [2.75, 3.05) is 14.1 Å². The van der Waals surface area contributed by atoms with Crippen LogP contribution in [0.4, 0.5) is 0 Å². The Hall–Kier alpha value is -4.02. The van der Waals surface area contributed by atoms with E-state index < -0.39 is 58.0 Å². The summed E-state index contributed by atoms with van der Waals surface area (Å²) in [4.78, 5) is 44.8. The molecular weight excluding hydrogens is 478 g/mol. The molecule has 0 radical (unpaired) electrons. The fraction of sp³-hybridized carbons (Fsp3) is 0.333. The smallest absolute Gasteiger partial charge is 0.255 e. The Labute approximate surface area is 212 Å². The normalized spacial score (nSPS) is 27.2. The molecule has 4 unspecified atom stereocenters. The number of amides is 1. The molecule has 5 rings (SSSR count). The fourth-order valence-electron chi connectivity index (χ4n) is 6.28. The molecule has 6 N–H and O–H groups in total. The molecule has 0 spiro atoms. The molecule has 0 aliphatic heterocycles. The van der Waals surface area contributed by atoms with Gasteiger partial charge in [-0.2, -0.15) is 0 Å². The topological polar surface area (TPSA) is 174 Å². The van der Waals surface area contributed by atoms with E-state index in [0.717, 1.165) is 16.7 Å². The summed E-state index contributed by atoms with van der Waals surface area (Å²) >= 11 is 0. The molecular formula is C27H27N3O7. The number of aliphatic hydroxyl groups is 3. The van der Waals surface area contributed by atoms with Gasteiger partial charge in [-0.15, -0.1) is 0 Å². The highest BCUT2D eigenvalue weighted by Gasteiger charge is 2.63. The summed E-state index contributed by atoms with van der Waals surface area (Å²) in [6, 6.07) is 3.89. The van der Waals surface area contributed by atoms with Crippen LogP contribution in [0.3, 0.4) is 0 Å². The van der Waals surface area contributed by atoms with Gasteiger partial charge in [-0.05, 0) is 74.2 Å². The molecule has 10 heteroatoms. The van der Waals surface area contributed by atoms with Gasteiger partial charge in [0, 0.05) is 23.9 Å². The Morgan fingerprint density at radius 2 is 1.84 bits per heavy atom. The van der Waals surface area contributed by atoms with Crippen molar-refractivity contribution in [2.24, 2.45) is 17.6 Å². The van der Waals surface area contributed by atoms with Crippen LogP contribution in [0.15, 0.2) is 53.3 Å². The molecule has 0 saturated heterocycles. The number of rotatable bonds is 3. The Morgan fingerprint density at radius 1 is 1.14 bits per heavy atom. The average Bonchev–Trinajstić information content (AvgIpc) is 2.82. The molecule has 1 aromatic carbocycles. The van der Waals surface area contributed by atoms with Crippen LogP contribution in [0.1, 0.15) is 27.9 Å². The Kier molecular flexibility index (Phi) is 5.50. The van der Waals surface area contributed by atoms with Gasteiger partial charge in [0.1, 0.15) is 22.8 Å². The van der Waals surface area contributed by atoms with E-state index in [4.69, 9.17) is 5.73 Å². The largest absolute Gasteiger partial charge is 0.510 e. The van der Waals surface area contributed by atoms with Crippen molar-refractivity contribution in [3.8, 4) is 16.9 Å². The zero-order valence-corrected chi connectivity index (χ0v) is 20.5. The van der Waals surface area contributed by atoms with E-state index in [-0.39, 0.29) is 29.7 Å². The Balaban J connectivity index is 1.74. The zero-order chi connectivity index (χ0) is 27.0. The number of aromatic hydroxyl groups is 1. The maximum Gasteiger partial charge on any atom is 0.255 e. The number of fused-ring (bicyclic) bond motifs is 3. The molecule has 10 nitrogen and oxygen atoms in total. The van der Waals surface area contributed by atoms with E-state index in [1.807, 2.05) is 13.0 Å². The van der Waals surface area contributed by atoms with Crippen molar-refractivity contribution < 1.29 is 34.8 Å². The number of carbonyl (C=O) groups excluding carboxylic acids is 3. The molecule has 4 atom stereocenters. The van der Waals surface area contributed by atoms with Gasteiger partial charge in [0.2, 0.25) is 5.78 Å². The second kappa shape index (κ2) is 8.25. The first-order valence-electron chi connectivity index (χ1n) is 11.8. The second-order valence-corrected chi connectivity index (χ2v) is 10.1. The quantitative estimate of drug-likeness (QED) is 0.387. The minimum atomic E-state index is -2.65. The minimum Gasteiger partial charge on any atom is -0.510 e. The van der Waals surface area contributed by atoms with Crippen LogP contribution in [0, 0.1) is 18.8 Å². The first kappa shape index (κ1) is 24.7. The average molecular weight is 506 g/mol. The SMILES string of the molecule is Cc1cnccc1-c1ccc(O)c2c1CC1CC3C(N(C)C)C(O)=C(C(N)=O)C(=O)C3(O)C(O)=C1C2=O. The number of hydrogen-bond donors (Lipinski definition) is 5. The van der Waals surface area contributed by atoms with E-state index in [1.54, 1.807) is 32.6 Å². The number of ketones is 2. The lowest BCUT2D eigenvalue weighted by Gasteiger charge is -2.50. The Morgan fingerprint density at radius 3 is 2.46 bits per heavy atom. The van der Waals surface area contributed by atoms with E-state index in [1.165, 1.54) is 11.0 Å². The van der Waals surface area contributed by atoms with E-state index in [0.29, 0.717) is 5.56 Å². The molecule has 0 bridgehead atoms. The summed E-state index contributed by atoms with van der Waals surface area (Å²) in [5.41, 5.74) is 4.67. The third-order valence-corrected chi connectivity index (χ3v) is 7.92. The number of nitrogens with zero attached hydrogens (tertiary/aromatic N) is 2. The number of phenolic OH excluding ortho intramolecular Hbond substituents is 1. The second-order valence-electron chi connectivity index (χ2n) is 10.1. The monoisotopic (exact) mass is 505 g/mol. The van der Waals surface area contributed by atoms with Gasteiger partial charge in [0.15, 0.2) is 11.4 Å². The van der Waals surface area contributed by atoms with Gasteiger partial charge in [0.05, 0.1) is 11.6 Å². The molecule has 3 aliphatic rings. The van der Waals surface area contributed by atoms with Gasteiger partial charge in [0.25, 0.3) is 5.91 Å². The molecule has 192 valence electrons. The first-order valence-corrected chi connectivity index (χ1v) is 11.8. The number of aryl methyl sites for hydroxylation is 1. The molecule has 1 amide bonds. The predicted molar refractivity (Wildman–Crippen MR) is 132 cm³/mol. The van der Waals surface area contributed by atoms with Crippen molar-refractivity contribution in [3.05, 3.63) is 69.9 Å². The third-order valence-electron chi connectivity index (χ3n) is 7.92. The zero-order valence-electron chi connectivity index (χ0n) is 20.5. The molecule has 0 fully saturated rings. The van der Waals surface area contributed by atoms with Gasteiger partial charge in [-0.25, -0.2) is 0 Å². The molecule has 1 heterocycles. The number of hydrogen-bond acceptors (Lipinski definition) is 9. The number of primary amides is 1. The van der Waals surface area contributed by atoms with Gasteiger partial charge >= 0.3 is 0 Å². The number of likely N-dealkylation sites (N-methyl/N-ethyl adjacent to an activating group) is 1. The predicted octanol–water partition coefficient (Wildman–Crippen LogP) is 1.49. The summed E-state index contributed by atoms with van der Waals surface area (Å²) in [6.45, 7) is 1.88. The number of pyridine rings is 1. The van der Waals surface area contributed by atoms with Crippen molar-refractivity contribution >= 4 is 17.5 Å². The van der Waals surface area contributed by atoms with Crippen LogP contribution in [0.5, 0.6) is 5.75 Å². The molecule has 0 saturated carbocycles. The van der Waals surface area contributed by atoms with E-state index in [9.17, 15) is 34.8 Å². The van der Waals surface area contributed by atoms with Gasteiger partial charge < -0.3 is 26.2 Å². The van der Waals surface area contributed by atoms with Gasteiger partial charge in [-0.3, -0.25) is 24.3 Å². The van der Waals surface area contributed by atoms with Crippen molar-refractivity contribution in [3.63, 3.8) is 0 Å². The molecule has 1 aromatic heterocycles. The summed E-state index contributed by atoms with van der Waals surface area (Å²) in [7, 11) is 3.19. The summed E-state index contributed by atoms with van der Waals surface area (Å²) in [5, 5.41) is 44.6. The van der Waals surface area contributed by atoms with Crippen molar-refractivity contribution in [2.45, 2.75) is 31.4 Å². The summed E-state index contributed by atoms with van der Waals surface area (Å²) < 4.78 is 0. The van der Waals surface area contributed by atoms with Crippen LogP contribution >= 0.6 is 0 Å². The van der Waals surface area contributed by atoms with E-state index in [2.05, 4.69) is 4.98 Å². The number of benzene rings is 1. The standard InChI is InChI=1S/C27H27N3O7/c1-11-10-29-7-6-13(11)14-4-5-17(31)19-15(14)8-12-9-16-21(30(2)3)23(33)20(26(28)36)25(35)27(16,37)24(34)18(12)22(19)32/h4-7,10,12,16,21,31,33-34,37H,8-9H2,1-3H3,(H2,28,36). The van der Waals surface area contributed by atoms with Crippen LogP contribution < -0.4 is 5.73 Å². The highest BCUT2D eigenvalue weighted by molar-refractivity contribution is 6.24. The highest BCUT2D eigenvalue weighted by atomic mass is 16.3. The third kappa shape index (κ3) is 3.25. The number of carbonyl (C=O) groups is 3. The molecule has 2 aromatic rings. The molecule has 3 aliphatic carbocycles. The van der Waals surface area contributed by atoms with E-state index >= 15 is 0 Å². The van der Waals surface area contributed by atoms with Crippen molar-refractivity contribution in [1.82, 2.24) is 9.88 Å². The maximum atomic E-state index is 13.8. The summed E-state index contributed by atoms with van der Waals surface area (Å²) in [5.74, 6) is -6.69. The molecule has 37 heavy (non-hydrogen) atoms. The fourth-order valence-corrected chi connectivity index (χ4v) is 6.28. The number of nitrogens with two attached hydrogens (primary N) is 1. The number of Topliss-reactive ketones (excluding diaryl/α,β-unsaturated/α-hetero) is 2. The lowest BCUT2D eigenvalue weighted by molar-refractivity contribution is -0.148. The Bertz CT molecular complexity index is 1460. The maximum absolute atomic E-state index is 13.8. The minimum absolute atomic E-state index is 0.0190.